The number of fused-ring (bicyclic) bond motifs is 1. The van der Waals surface area contributed by atoms with Crippen molar-refractivity contribution in [1.29, 1.82) is 0 Å². The lowest BCUT2D eigenvalue weighted by atomic mass is 10.2. The van der Waals surface area contributed by atoms with Gasteiger partial charge in [0.05, 0.1) is 12.8 Å². The zero-order valence-corrected chi connectivity index (χ0v) is 16.0. The molecule has 5 rings (SSSR count). The van der Waals surface area contributed by atoms with Crippen LogP contribution in [0.15, 0.2) is 24.3 Å². The maximum absolute atomic E-state index is 5.20. The average molecular weight is 376 g/mol. The normalized spacial score (nSPS) is 16.0. The molecular formula is C21H20N4OS. The highest BCUT2D eigenvalue weighted by Gasteiger charge is 2.29. The van der Waals surface area contributed by atoms with Gasteiger partial charge >= 0.3 is 0 Å². The Hall–Kier alpha value is -2.65. The van der Waals surface area contributed by atoms with Gasteiger partial charge in [-0.1, -0.05) is 29.4 Å². The molecule has 0 radical (unpaired) electrons. The van der Waals surface area contributed by atoms with E-state index in [0.29, 0.717) is 18.4 Å². The number of anilines is 1. The summed E-state index contributed by atoms with van der Waals surface area (Å²) in [6.45, 7) is 0.702. The largest absolute Gasteiger partial charge is 0.497 e. The Balaban J connectivity index is 1.38. The molecule has 0 spiro atoms. The lowest BCUT2D eigenvalue weighted by Crippen LogP contribution is -1.99. The minimum atomic E-state index is 0.516. The number of thiazole rings is 1. The number of hydrogen-bond donors (Lipinski definition) is 1. The molecule has 0 aliphatic heterocycles. The predicted molar refractivity (Wildman–Crippen MR) is 107 cm³/mol. The first-order valence-electron chi connectivity index (χ1n) is 9.35. The second-order valence-corrected chi connectivity index (χ2v) is 8.10. The van der Waals surface area contributed by atoms with E-state index >= 15 is 0 Å². The monoisotopic (exact) mass is 376 g/mol. The lowest BCUT2D eigenvalue weighted by molar-refractivity contribution is 0.414. The zero-order chi connectivity index (χ0) is 18.2. The van der Waals surface area contributed by atoms with Crippen LogP contribution in [0, 0.1) is 17.8 Å². The SMILES string of the molecule is COc1ccc(CNc2nc3nc(C4CC4)c(C#CC4CC4)nc3s2)cc1. The van der Waals surface area contributed by atoms with E-state index in [1.165, 1.54) is 31.2 Å². The summed E-state index contributed by atoms with van der Waals surface area (Å²) in [5, 5.41) is 4.22. The maximum atomic E-state index is 5.20. The number of ether oxygens (including phenoxy) is 1. The van der Waals surface area contributed by atoms with Gasteiger partial charge in [0.2, 0.25) is 0 Å². The van der Waals surface area contributed by atoms with Crippen LogP contribution in [-0.4, -0.2) is 22.1 Å². The van der Waals surface area contributed by atoms with E-state index in [9.17, 15) is 0 Å². The molecule has 2 fully saturated rings. The molecule has 3 aromatic rings. The Morgan fingerprint density at radius 1 is 1.11 bits per heavy atom. The van der Waals surface area contributed by atoms with E-state index in [4.69, 9.17) is 14.7 Å². The lowest BCUT2D eigenvalue weighted by Gasteiger charge is -2.04. The fraction of sp³-hybridized carbons (Fsp3) is 0.381. The van der Waals surface area contributed by atoms with Crippen molar-refractivity contribution >= 4 is 26.9 Å². The molecule has 0 unspecified atom stereocenters. The van der Waals surface area contributed by atoms with Crippen LogP contribution in [0.1, 0.15) is 48.6 Å². The number of rotatable bonds is 5. The van der Waals surface area contributed by atoms with Crippen LogP contribution in [-0.2, 0) is 6.54 Å². The summed E-state index contributed by atoms with van der Waals surface area (Å²) >= 11 is 1.54. The van der Waals surface area contributed by atoms with Gasteiger partial charge in [0.1, 0.15) is 11.4 Å². The summed E-state index contributed by atoms with van der Waals surface area (Å²) in [6.07, 6.45) is 4.82. The van der Waals surface area contributed by atoms with Gasteiger partial charge in [-0.15, -0.1) is 0 Å². The van der Waals surface area contributed by atoms with Gasteiger partial charge in [0, 0.05) is 18.4 Å². The van der Waals surface area contributed by atoms with Crippen LogP contribution < -0.4 is 10.1 Å². The molecule has 136 valence electrons. The molecule has 27 heavy (non-hydrogen) atoms. The van der Waals surface area contributed by atoms with Gasteiger partial charge in [-0.05, 0) is 49.3 Å². The highest BCUT2D eigenvalue weighted by atomic mass is 32.1. The van der Waals surface area contributed by atoms with Crippen LogP contribution >= 0.6 is 11.3 Å². The first-order chi connectivity index (χ1) is 13.3. The second-order valence-electron chi connectivity index (χ2n) is 7.12. The molecule has 2 aliphatic carbocycles. The molecule has 0 atom stereocenters. The average Bonchev–Trinajstić information content (AvgIpc) is 3.62. The Kier molecular flexibility index (Phi) is 4.17. The molecule has 2 aliphatic rings. The third kappa shape index (κ3) is 3.74. The van der Waals surface area contributed by atoms with E-state index in [0.717, 1.165) is 32.7 Å². The Morgan fingerprint density at radius 2 is 1.93 bits per heavy atom. The first-order valence-corrected chi connectivity index (χ1v) is 10.2. The Bertz CT molecular complexity index is 1040. The minimum absolute atomic E-state index is 0.516. The molecule has 5 nitrogen and oxygen atoms in total. The maximum Gasteiger partial charge on any atom is 0.191 e. The smallest absolute Gasteiger partial charge is 0.191 e. The fourth-order valence-electron chi connectivity index (χ4n) is 2.90. The highest BCUT2D eigenvalue weighted by molar-refractivity contribution is 7.21. The van der Waals surface area contributed by atoms with Gasteiger partial charge in [0.25, 0.3) is 0 Å². The van der Waals surface area contributed by atoms with Crippen LogP contribution in [0.4, 0.5) is 5.13 Å². The van der Waals surface area contributed by atoms with Crippen LogP contribution in [0.5, 0.6) is 5.75 Å². The molecule has 0 saturated heterocycles. The van der Waals surface area contributed by atoms with E-state index < -0.39 is 0 Å². The highest BCUT2D eigenvalue weighted by Crippen LogP contribution is 2.41. The summed E-state index contributed by atoms with van der Waals surface area (Å²) in [6, 6.07) is 8.02. The van der Waals surface area contributed by atoms with Gasteiger partial charge in [-0.3, -0.25) is 0 Å². The number of benzene rings is 1. The van der Waals surface area contributed by atoms with Crippen LogP contribution in [0.3, 0.4) is 0 Å². The number of aromatic nitrogens is 3. The molecule has 2 heterocycles. The van der Waals surface area contributed by atoms with Gasteiger partial charge < -0.3 is 10.1 Å². The number of hydrogen-bond acceptors (Lipinski definition) is 6. The van der Waals surface area contributed by atoms with Crippen molar-refractivity contribution in [2.24, 2.45) is 5.92 Å². The van der Waals surface area contributed by atoms with Crippen molar-refractivity contribution < 1.29 is 4.74 Å². The van der Waals surface area contributed by atoms with Crippen LogP contribution in [0.25, 0.3) is 10.5 Å². The first kappa shape index (κ1) is 16.5. The van der Waals surface area contributed by atoms with Crippen molar-refractivity contribution in [3.63, 3.8) is 0 Å². The minimum Gasteiger partial charge on any atom is -0.497 e. The molecule has 0 bridgehead atoms. The molecule has 1 N–H and O–H groups in total. The molecule has 1 aromatic carbocycles. The zero-order valence-electron chi connectivity index (χ0n) is 15.2. The van der Waals surface area contributed by atoms with Gasteiger partial charge in [-0.2, -0.15) is 4.98 Å². The van der Waals surface area contributed by atoms with E-state index in [1.807, 2.05) is 24.3 Å². The third-order valence-corrected chi connectivity index (χ3v) is 5.71. The molecule has 2 aromatic heterocycles. The molecule has 0 amide bonds. The quantitative estimate of drug-likeness (QED) is 0.671. The van der Waals surface area contributed by atoms with Crippen LogP contribution in [0.2, 0.25) is 0 Å². The molecular weight excluding hydrogens is 356 g/mol. The molecule has 6 heteroatoms. The predicted octanol–water partition coefficient (Wildman–Crippen LogP) is 4.35. The number of nitrogens with one attached hydrogen (secondary N) is 1. The van der Waals surface area contributed by atoms with E-state index in [-0.39, 0.29) is 0 Å². The van der Waals surface area contributed by atoms with Crippen molar-refractivity contribution in [2.75, 3.05) is 12.4 Å². The Labute approximate surface area is 162 Å². The Morgan fingerprint density at radius 3 is 2.63 bits per heavy atom. The number of methoxy groups -OCH3 is 1. The standard InChI is InChI=1S/C21H20N4OS/c1-26-16-9-4-14(5-10-16)12-22-21-25-19-20(27-21)23-17(11-6-13-2-3-13)18(24-19)15-7-8-15/h4-5,9-10,13,15H,2-3,7-8,12H2,1H3,(H,22,24,25). The number of nitrogens with zero attached hydrogens (tertiary/aromatic N) is 3. The van der Waals surface area contributed by atoms with Gasteiger partial charge in [-0.25, -0.2) is 9.97 Å². The summed E-state index contributed by atoms with van der Waals surface area (Å²) in [5.41, 5.74) is 3.81. The van der Waals surface area contributed by atoms with Crippen molar-refractivity contribution in [3.05, 3.63) is 41.2 Å². The van der Waals surface area contributed by atoms with Gasteiger partial charge in [0.15, 0.2) is 15.6 Å². The van der Waals surface area contributed by atoms with E-state index in [2.05, 4.69) is 22.1 Å². The topological polar surface area (TPSA) is 59.9 Å². The molecule has 2 saturated carbocycles. The van der Waals surface area contributed by atoms with Crippen molar-refractivity contribution in [2.45, 2.75) is 38.1 Å². The van der Waals surface area contributed by atoms with E-state index in [1.54, 1.807) is 18.4 Å². The fourth-order valence-corrected chi connectivity index (χ4v) is 3.68. The summed E-state index contributed by atoms with van der Waals surface area (Å²) in [4.78, 5) is 15.1. The second kappa shape index (κ2) is 6.82. The summed E-state index contributed by atoms with van der Waals surface area (Å²) < 4.78 is 5.20. The van der Waals surface area contributed by atoms with Crippen molar-refractivity contribution in [3.8, 4) is 17.6 Å². The third-order valence-electron chi connectivity index (χ3n) is 4.81. The van der Waals surface area contributed by atoms with Crippen molar-refractivity contribution in [1.82, 2.24) is 15.0 Å². The summed E-state index contributed by atoms with van der Waals surface area (Å²) in [5.74, 6) is 8.56. The summed E-state index contributed by atoms with van der Waals surface area (Å²) in [7, 11) is 1.67.